The van der Waals surface area contributed by atoms with Gasteiger partial charge < -0.3 is 9.47 Å². The van der Waals surface area contributed by atoms with Crippen LogP contribution in [0.5, 0.6) is 11.5 Å². The number of fused-ring (bicyclic) bond motifs is 1. The summed E-state index contributed by atoms with van der Waals surface area (Å²) in [4.78, 5) is 0. The van der Waals surface area contributed by atoms with Crippen LogP contribution in [0.25, 0.3) is 0 Å². The van der Waals surface area contributed by atoms with Gasteiger partial charge in [0.15, 0.2) is 11.5 Å². The summed E-state index contributed by atoms with van der Waals surface area (Å²) in [6.07, 6.45) is -2.73. The topological polar surface area (TPSA) is 18.5 Å². The Bertz CT molecular complexity index is 337. The highest BCUT2D eigenvalue weighted by Gasteiger charge is 2.43. The first-order chi connectivity index (χ1) is 7.11. The lowest BCUT2D eigenvalue weighted by Crippen LogP contribution is -2.25. The molecule has 0 bridgehead atoms. The third kappa shape index (κ3) is 2.58. The zero-order valence-electron chi connectivity index (χ0n) is 9.01. The summed E-state index contributed by atoms with van der Waals surface area (Å²) in [7, 11) is 0. The number of rotatable bonds is 1. The summed E-state index contributed by atoms with van der Waals surface area (Å²) < 4.78 is 33.6. The molecule has 1 aliphatic heterocycles. The van der Waals surface area contributed by atoms with Gasteiger partial charge in [0, 0.05) is 0 Å². The van der Waals surface area contributed by atoms with Gasteiger partial charge in [-0.05, 0) is 24.1 Å². The van der Waals surface area contributed by atoms with Crippen LogP contribution in [-0.2, 0) is 6.42 Å². The predicted octanol–water partition coefficient (Wildman–Crippen LogP) is 3.60. The maximum absolute atomic E-state index is 12.5. The number of ether oxygens (including phenoxy) is 2. The Labute approximate surface area is 87.8 Å². The smallest absolute Gasteiger partial charge is 0.395 e. The van der Waals surface area contributed by atoms with Crippen molar-refractivity contribution in [2.45, 2.75) is 33.5 Å². The van der Waals surface area contributed by atoms with Crippen molar-refractivity contribution in [3.8, 4) is 11.5 Å². The number of aryl methyl sites for hydroxylation is 1. The molecule has 1 aromatic carbocycles. The molecule has 0 aromatic heterocycles. The molecular weight excluding hydrogens is 202 g/mol. The van der Waals surface area contributed by atoms with Crippen molar-refractivity contribution in [2.24, 2.45) is 0 Å². The Balaban J connectivity index is 0.000000531. The summed E-state index contributed by atoms with van der Waals surface area (Å²) >= 11 is 0. The Kier molecular flexibility index (Phi) is 3.50. The number of hydrogen-bond acceptors (Lipinski definition) is 2. The van der Waals surface area contributed by atoms with Crippen molar-refractivity contribution in [3.05, 3.63) is 23.8 Å². The standard InChI is InChI=1S/C9H8F2O2.C2H6/c1-2-6-3-4-7-8(5-6)13-9(10,11)12-7;1-2/h3-5H,2H2,1H3;1-2H3. The van der Waals surface area contributed by atoms with Gasteiger partial charge in [-0.15, -0.1) is 8.78 Å². The molecule has 0 radical (unpaired) electrons. The normalized spacial score (nSPS) is 15.5. The molecule has 0 fully saturated rings. The molecule has 2 rings (SSSR count). The molecule has 0 saturated carbocycles. The first-order valence-electron chi connectivity index (χ1n) is 4.99. The Morgan fingerprint density at radius 2 is 1.73 bits per heavy atom. The van der Waals surface area contributed by atoms with Gasteiger partial charge >= 0.3 is 6.29 Å². The molecule has 1 heterocycles. The highest BCUT2D eigenvalue weighted by molar-refractivity contribution is 5.45. The fourth-order valence-corrected chi connectivity index (χ4v) is 1.21. The Morgan fingerprint density at radius 3 is 2.33 bits per heavy atom. The second-order valence-electron chi connectivity index (χ2n) is 2.80. The summed E-state index contributed by atoms with van der Waals surface area (Å²) in [6, 6.07) is 4.80. The lowest BCUT2D eigenvalue weighted by molar-refractivity contribution is -0.286. The highest BCUT2D eigenvalue weighted by Crippen LogP contribution is 2.41. The van der Waals surface area contributed by atoms with Crippen molar-refractivity contribution in [2.75, 3.05) is 0 Å². The van der Waals surface area contributed by atoms with E-state index in [9.17, 15) is 8.78 Å². The largest absolute Gasteiger partial charge is 0.586 e. The van der Waals surface area contributed by atoms with Crippen molar-refractivity contribution in [3.63, 3.8) is 0 Å². The van der Waals surface area contributed by atoms with E-state index in [-0.39, 0.29) is 11.5 Å². The Hall–Kier alpha value is -1.32. The molecule has 2 nitrogen and oxygen atoms in total. The molecule has 4 heteroatoms. The van der Waals surface area contributed by atoms with Crippen molar-refractivity contribution in [1.29, 1.82) is 0 Å². The summed E-state index contributed by atoms with van der Waals surface area (Å²) in [5.74, 6) is 0.214. The zero-order valence-corrected chi connectivity index (χ0v) is 9.01. The third-order valence-corrected chi connectivity index (χ3v) is 1.87. The second-order valence-corrected chi connectivity index (χ2v) is 2.80. The van der Waals surface area contributed by atoms with Crippen molar-refractivity contribution >= 4 is 0 Å². The van der Waals surface area contributed by atoms with E-state index in [0.717, 1.165) is 12.0 Å². The van der Waals surface area contributed by atoms with Gasteiger partial charge in [0.1, 0.15) is 0 Å². The predicted molar refractivity (Wildman–Crippen MR) is 53.4 cm³/mol. The van der Waals surface area contributed by atoms with E-state index in [1.807, 2.05) is 20.8 Å². The monoisotopic (exact) mass is 216 g/mol. The van der Waals surface area contributed by atoms with Crippen LogP contribution in [0.4, 0.5) is 8.78 Å². The first-order valence-corrected chi connectivity index (χ1v) is 4.99. The van der Waals surface area contributed by atoms with E-state index in [1.165, 1.54) is 6.07 Å². The summed E-state index contributed by atoms with van der Waals surface area (Å²) in [5, 5.41) is 0. The van der Waals surface area contributed by atoms with Crippen LogP contribution < -0.4 is 9.47 Å². The molecule has 15 heavy (non-hydrogen) atoms. The summed E-state index contributed by atoms with van der Waals surface area (Å²) in [6.45, 7) is 5.94. The molecule has 1 aromatic rings. The first kappa shape index (κ1) is 11.8. The molecule has 0 unspecified atom stereocenters. The molecule has 0 spiro atoms. The average molecular weight is 216 g/mol. The van der Waals surface area contributed by atoms with Gasteiger partial charge in [-0.3, -0.25) is 0 Å². The Morgan fingerprint density at radius 1 is 1.13 bits per heavy atom. The van der Waals surface area contributed by atoms with Crippen LogP contribution in [-0.4, -0.2) is 6.29 Å². The maximum atomic E-state index is 12.5. The molecule has 84 valence electrons. The van der Waals surface area contributed by atoms with Gasteiger partial charge in [-0.25, -0.2) is 0 Å². The van der Waals surface area contributed by atoms with E-state index in [2.05, 4.69) is 9.47 Å². The fourth-order valence-electron chi connectivity index (χ4n) is 1.21. The number of hydrogen-bond donors (Lipinski definition) is 0. The van der Waals surface area contributed by atoms with E-state index in [1.54, 1.807) is 12.1 Å². The molecule has 0 saturated heterocycles. The molecule has 0 N–H and O–H groups in total. The minimum absolute atomic E-state index is 0.0993. The van der Waals surface area contributed by atoms with E-state index < -0.39 is 6.29 Å². The molecule has 0 amide bonds. The van der Waals surface area contributed by atoms with Gasteiger partial charge in [-0.2, -0.15) is 0 Å². The van der Waals surface area contributed by atoms with E-state index >= 15 is 0 Å². The van der Waals surface area contributed by atoms with Gasteiger partial charge in [-0.1, -0.05) is 26.8 Å². The molecule has 0 atom stereocenters. The lowest BCUT2D eigenvalue weighted by atomic mass is 10.1. The molecular formula is C11H14F2O2. The highest BCUT2D eigenvalue weighted by atomic mass is 19.3. The van der Waals surface area contributed by atoms with Crippen LogP contribution in [0, 0.1) is 0 Å². The fraction of sp³-hybridized carbons (Fsp3) is 0.455. The van der Waals surface area contributed by atoms with Gasteiger partial charge in [0.25, 0.3) is 0 Å². The summed E-state index contributed by atoms with van der Waals surface area (Å²) in [5.41, 5.74) is 0.944. The maximum Gasteiger partial charge on any atom is 0.586 e. The van der Waals surface area contributed by atoms with Crippen LogP contribution in [0.1, 0.15) is 26.3 Å². The zero-order chi connectivity index (χ0) is 11.5. The van der Waals surface area contributed by atoms with Crippen LogP contribution >= 0.6 is 0 Å². The third-order valence-electron chi connectivity index (χ3n) is 1.87. The van der Waals surface area contributed by atoms with Crippen LogP contribution in [0.2, 0.25) is 0 Å². The van der Waals surface area contributed by atoms with Crippen molar-refractivity contribution < 1.29 is 18.3 Å². The van der Waals surface area contributed by atoms with E-state index in [4.69, 9.17) is 0 Å². The van der Waals surface area contributed by atoms with E-state index in [0.29, 0.717) is 0 Å². The number of halogens is 2. The van der Waals surface area contributed by atoms with Gasteiger partial charge in [0.05, 0.1) is 0 Å². The van der Waals surface area contributed by atoms with Crippen LogP contribution in [0.3, 0.4) is 0 Å². The quantitative estimate of drug-likeness (QED) is 0.714. The minimum atomic E-state index is -3.51. The van der Waals surface area contributed by atoms with Crippen molar-refractivity contribution in [1.82, 2.24) is 0 Å². The lowest BCUT2D eigenvalue weighted by Gasteiger charge is -2.04. The minimum Gasteiger partial charge on any atom is -0.395 e. The van der Waals surface area contributed by atoms with Gasteiger partial charge in [0.2, 0.25) is 0 Å². The number of alkyl halides is 2. The van der Waals surface area contributed by atoms with Crippen LogP contribution in [0.15, 0.2) is 18.2 Å². The second kappa shape index (κ2) is 4.47. The number of benzene rings is 1. The molecule has 0 aliphatic carbocycles. The average Bonchev–Trinajstić information content (AvgIpc) is 2.53. The SMILES string of the molecule is CC.CCc1ccc2c(c1)OC(F)(F)O2. The molecule has 1 aliphatic rings.